The van der Waals surface area contributed by atoms with Crippen LogP contribution in [0.4, 0.5) is 4.79 Å². The van der Waals surface area contributed by atoms with Crippen molar-refractivity contribution < 1.29 is 18.8 Å². The molecular weight excluding hydrogens is 367 g/mol. The molecule has 0 aliphatic carbocycles. The first-order chi connectivity index (χ1) is 13.4. The van der Waals surface area contributed by atoms with Crippen LogP contribution in [0.2, 0.25) is 0 Å². The minimum atomic E-state index is -0.449. The van der Waals surface area contributed by atoms with E-state index >= 15 is 0 Å². The Morgan fingerprint density at radius 1 is 1.14 bits per heavy atom. The van der Waals surface area contributed by atoms with E-state index in [-0.39, 0.29) is 30.5 Å². The van der Waals surface area contributed by atoms with Gasteiger partial charge in [-0.2, -0.15) is 0 Å². The molecule has 1 atom stereocenters. The number of ether oxygens (including phenoxy) is 1. The quantitative estimate of drug-likeness (QED) is 0.639. The summed E-state index contributed by atoms with van der Waals surface area (Å²) in [6.45, 7) is 15.5. The van der Waals surface area contributed by atoms with E-state index in [2.05, 4.69) is 33.8 Å². The van der Waals surface area contributed by atoms with Gasteiger partial charge in [0.25, 0.3) is 0 Å². The number of nitrogens with zero attached hydrogens (tertiary/aromatic N) is 2. The van der Waals surface area contributed by atoms with Gasteiger partial charge < -0.3 is 18.9 Å². The van der Waals surface area contributed by atoms with E-state index in [1.807, 2.05) is 31.9 Å². The lowest BCUT2D eigenvalue weighted by atomic mass is 9.78. The second kappa shape index (κ2) is 8.07. The largest absolute Gasteiger partial charge is 0.496 e. The van der Waals surface area contributed by atoms with Crippen molar-refractivity contribution in [2.24, 2.45) is 10.9 Å². The first kappa shape index (κ1) is 22.4. The predicted octanol–water partition coefficient (Wildman–Crippen LogP) is 4.42. The number of rotatable bonds is 2. The van der Waals surface area contributed by atoms with Crippen molar-refractivity contribution in [1.82, 2.24) is 4.90 Å². The summed E-state index contributed by atoms with van der Waals surface area (Å²) in [5.74, 6) is 0.496. The lowest BCUT2D eigenvalue weighted by Crippen LogP contribution is -2.43. The second-order valence-corrected chi connectivity index (χ2v) is 10.5. The molecule has 2 fully saturated rings. The van der Waals surface area contributed by atoms with Gasteiger partial charge in [0, 0.05) is 19.3 Å². The molecule has 162 valence electrons. The third-order valence-corrected chi connectivity index (χ3v) is 6.52. The highest BCUT2D eigenvalue weighted by Gasteiger charge is 2.52. The minimum absolute atomic E-state index is 0.204. The van der Waals surface area contributed by atoms with Crippen LogP contribution in [-0.4, -0.2) is 60.3 Å². The van der Waals surface area contributed by atoms with Gasteiger partial charge in [-0.3, -0.25) is 4.99 Å². The van der Waals surface area contributed by atoms with Crippen LogP contribution in [0.1, 0.15) is 74.1 Å². The zero-order valence-electron chi connectivity index (χ0n) is 19.2. The Morgan fingerprint density at radius 2 is 1.72 bits per heavy atom. The molecule has 29 heavy (non-hydrogen) atoms. The molecule has 0 bridgehead atoms. The summed E-state index contributed by atoms with van der Waals surface area (Å²) >= 11 is 0. The summed E-state index contributed by atoms with van der Waals surface area (Å²) in [5, 5.41) is 0. The number of hydrogen-bond donors (Lipinski definition) is 0. The molecule has 3 aliphatic heterocycles. The lowest BCUT2D eigenvalue weighted by molar-refractivity contribution is 0.00578. The Balaban J connectivity index is 1.55. The van der Waals surface area contributed by atoms with Crippen LogP contribution in [0.15, 0.2) is 16.5 Å². The van der Waals surface area contributed by atoms with Gasteiger partial charge in [-0.15, -0.1) is 0 Å². The van der Waals surface area contributed by atoms with Crippen LogP contribution >= 0.6 is 0 Å². The van der Waals surface area contributed by atoms with Crippen LogP contribution in [0.3, 0.4) is 0 Å². The average Bonchev–Trinajstić information content (AvgIpc) is 2.78. The summed E-state index contributed by atoms with van der Waals surface area (Å²) in [7, 11) is -0.350. The van der Waals surface area contributed by atoms with Crippen molar-refractivity contribution in [3.05, 3.63) is 11.5 Å². The van der Waals surface area contributed by atoms with Gasteiger partial charge in [0.15, 0.2) is 0 Å². The molecular formula is C22H37BN2O4. The molecule has 0 saturated carbocycles. The molecule has 1 amide bonds. The van der Waals surface area contributed by atoms with Gasteiger partial charge in [-0.1, -0.05) is 6.08 Å². The molecule has 0 N–H and O–H groups in total. The van der Waals surface area contributed by atoms with Crippen molar-refractivity contribution in [1.29, 1.82) is 0 Å². The summed E-state index contributed by atoms with van der Waals surface area (Å²) in [4.78, 5) is 19.0. The number of carbonyl (C=O) groups is 1. The molecule has 3 rings (SSSR count). The third kappa shape index (κ3) is 5.24. The maximum atomic E-state index is 12.3. The first-order valence-corrected chi connectivity index (χ1v) is 10.9. The van der Waals surface area contributed by atoms with Crippen molar-refractivity contribution in [2.45, 2.75) is 97.0 Å². The molecule has 1 unspecified atom stereocenters. The summed E-state index contributed by atoms with van der Waals surface area (Å²) < 4.78 is 17.9. The normalized spacial score (nSPS) is 27.6. The van der Waals surface area contributed by atoms with Crippen molar-refractivity contribution in [3.8, 4) is 0 Å². The van der Waals surface area contributed by atoms with Gasteiger partial charge in [0.05, 0.1) is 17.2 Å². The summed E-state index contributed by atoms with van der Waals surface area (Å²) in [6, 6.07) is 0.284. The molecule has 0 spiro atoms. The fourth-order valence-electron chi connectivity index (χ4n) is 4.02. The Morgan fingerprint density at radius 3 is 2.28 bits per heavy atom. The Labute approximate surface area is 176 Å². The van der Waals surface area contributed by atoms with E-state index in [9.17, 15) is 4.79 Å². The highest BCUT2D eigenvalue weighted by Crippen LogP contribution is 2.39. The molecule has 2 saturated heterocycles. The predicted molar refractivity (Wildman–Crippen MR) is 116 cm³/mol. The van der Waals surface area contributed by atoms with Crippen molar-refractivity contribution in [3.63, 3.8) is 0 Å². The Kier molecular flexibility index (Phi) is 6.22. The van der Waals surface area contributed by atoms with E-state index in [1.165, 1.54) is 0 Å². The maximum absolute atomic E-state index is 12.3. The number of piperidine rings is 1. The smallest absolute Gasteiger partial charge is 0.444 e. The monoisotopic (exact) mass is 404 g/mol. The van der Waals surface area contributed by atoms with Gasteiger partial charge in [0.2, 0.25) is 0 Å². The van der Waals surface area contributed by atoms with Crippen molar-refractivity contribution >= 4 is 19.4 Å². The minimum Gasteiger partial charge on any atom is -0.444 e. The zero-order valence-corrected chi connectivity index (χ0v) is 19.2. The average molecular weight is 404 g/mol. The molecule has 0 aromatic rings. The number of likely N-dealkylation sites (tertiary alicyclic amines) is 1. The van der Waals surface area contributed by atoms with Gasteiger partial charge in [0.1, 0.15) is 5.60 Å². The fraction of sp³-hybridized carbons (Fsp3) is 0.818. The Hall–Kier alpha value is -1.34. The summed E-state index contributed by atoms with van der Waals surface area (Å²) in [6.07, 6.45) is 7.89. The van der Waals surface area contributed by atoms with Crippen LogP contribution in [0.25, 0.3) is 0 Å². The topological polar surface area (TPSA) is 60.4 Å². The molecule has 0 aromatic heterocycles. The van der Waals surface area contributed by atoms with Crippen molar-refractivity contribution in [2.75, 3.05) is 13.1 Å². The van der Waals surface area contributed by atoms with Gasteiger partial charge in [-0.05, 0) is 85.5 Å². The molecule has 0 radical (unpaired) electrons. The molecule has 3 heterocycles. The van der Waals surface area contributed by atoms with Crippen LogP contribution in [0.5, 0.6) is 0 Å². The molecule has 6 nitrogen and oxygen atoms in total. The molecule has 0 aromatic carbocycles. The van der Waals surface area contributed by atoms with E-state index < -0.39 is 5.60 Å². The van der Waals surface area contributed by atoms with E-state index in [0.717, 1.165) is 44.2 Å². The number of amides is 1. The lowest BCUT2D eigenvalue weighted by Gasteiger charge is -2.35. The standard InChI is InChI=1S/C22H37BN2O4/c1-20(2,3)27-19(26)25-13-11-16(12-14-25)18-10-8-9-17(15-24-18)23-28-21(4,5)22(6,7)29-23/h9,15-16,18H,8,10-14H2,1-7H3. The number of hydrogen-bond acceptors (Lipinski definition) is 5. The maximum Gasteiger partial charge on any atom is 0.496 e. The zero-order chi connectivity index (χ0) is 21.4. The molecule has 3 aliphatic rings. The van der Waals surface area contributed by atoms with E-state index in [0.29, 0.717) is 5.92 Å². The molecule has 7 heteroatoms. The first-order valence-electron chi connectivity index (χ1n) is 10.9. The number of aliphatic imine (C=N–C) groups is 1. The third-order valence-electron chi connectivity index (χ3n) is 6.52. The van der Waals surface area contributed by atoms with Crippen LogP contribution < -0.4 is 0 Å². The highest BCUT2D eigenvalue weighted by atomic mass is 16.7. The van der Waals surface area contributed by atoms with Gasteiger partial charge in [-0.25, -0.2) is 4.79 Å². The van der Waals surface area contributed by atoms with E-state index in [4.69, 9.17) is 19.0 Å². The van der Waals surface area contributed by atoms with Crippen LogP contribution in [0, 0.1) is 5.92 Å². The Bertz CT molecular complexity index is 657. The SMILES string of the molecule is CC(C)(C)OC(=O)N1CCC(C2CCC=C(B3OC(C)(C)C(C)(C)O3)C=N2)CC1. The van der Waals surface area contributed by atoms with Gasteiger partial charge >= 0.3 is 13.2 Å². The number of allylic oxidation sites excluding steroid dienone is 2. The van der Waals surface area contributed by atoms with E-state index in [1.54, 1.807) is 0 Å². The second-order valence-electron chi connectivity index (χ2n) is 10.5. The highest BCUT2D eigenvalue weighted by molar-refractivity contribution is 6.60. The van der Waals surface area contributed by atoms with Crippen LogP contribution in [-0.2, 0) is 14.0 Å². The fourth-order valence-corrected chi connectivity index (χ4v) is 4.02. The number of carbonyl (C=O) groups excluding carboxylic acids is 1. The summed E-state index contributed by atoms with van der Waals surface area (Å²) in [5.41, 5.74) is -0.105.